The van der Waals surface area contributed by atoms with Crippen molar-refractivity contribution in [3.8, 4) is 0 Å². The number of benzene rings is 1. The van der Waals surface area contributed by atoms with Crippen LogP contribution in [0.25, 0.3) is 0 Å². The summed E-state index contributed by atoms with van der Waals surface area (Å²) in [6.45, 7) is 4.29. The van der Waals surface area contributed by atoms with Gasteiger partial charge in [-0.2, -0.15) is 4.31 Å². The summed E-state index contributed by atoms with van der Waals surface area (Å²) >= 11 is 0. The van der Waals surface area contributed by atoms with Crippen LogP contribution in [0.4, 0.5) is 0 Å². The van der Waals surface area contributed by atoms with E-state index in [1.54, 1.807) is 16.4 Å². The van der Waals surface area contributed by atoms with E-state index in [0.29, 0.717) is 29.9 Å². The van der Waals surface area contributed by atoms with E-state index in [-0.39, 0.29) is 12.4 Å². The third-order valence-electron chi connectivity index (χ3n) is 4.88. The Labute approximate surface area is 139 Å². The minimum Gasteiger partial charge on any atom is -0.314 e. The lowest BCUT2D eigenvalue weighted by Crippen LogP contribution is -2.43. The molecule has 2 fully saturated rings. The number of nitrogens with zero attached hydrogens (tertiary/aromatic N) is 1. The maximum atomic E-state index is 12.7. The van der Waals surface area contributed by atoms with E-state index in [9.17, 15) is 8.42 Å². The van der Waals surface area contributed by atoms with Crippen molar-refractivity contribution in [3.05, 3.63) is 29.8 Å². The fourth-order valence-electron chi connectivity index (χ4n) is 3.62. The molecule has 0 amide bonds. The summed E-state index contributed by atoms with van der Waals surface area (Å²) in [6.07, 6.45) is 4.45. The number of nitrogens with one attached hydrogen (secondary N) is 1. The average Bonchev–Trinajstić information content (AvgIpc) is 3.02. The van der Waals surface area contributed by atoms with Gasteiger partial charge in [-0.05, 0) is 56.7 Å². The second kappa shape index (κ2) is 7.30. The zero-order valence-electron chi connectivity index (χ0n) is 13.0. The Balaban J connectivity index is 0.00000176. The van der Waals surface area contributed by atoms with Gasteiger partial charge in [0, 0.05) is 19.1 Å². The zero-order valence-corrected chi connectivity index (χ0v) is 14.6. The highest BCUT2D eigenvalue weighted by atomic mass is 35.5. The maximum absolute atomic E-state index is 12.7. The Morgan fingerprint density at radius 1 is 1.14 bits per heavy atom. The molecule has 1 aromatic carbocycles. The van der Waals surface area contributed by atoms with Crippen LogP contribution >= 0.6 is 12.4 Å². The fraction of sp³-hybridized carbons (Fsp3) is 0.625. The summed E-state index contributed by atoms with van der Waals surface area (Å²) < 4.78 is 27.2. The molecular formula is C16H25ClN2O2S. The summed E-state index contributed by atoms with van der Waals surface area (Å²) in [4.78, 5) is 0.461. The molecule has 0 aliphatic carbocycles. The highest BCUT2D eigenvalue weighted by Gasteiger charge is 2.33. The normalized spacial score (nSPS) is 24.1. The molecule has 3 rings (SSSR count). The van der Waals surface area contributed by atoms with Gasteiger partial charge in [-0.15, -0.1) is 12.4 Å². The molecular weight excluding hydrogens is 320 g/mol. The topological polar surface area (TPSA) is 49.4 Å². The summed E-state index contributed by atoms with van der Waals surface area (Å²) in [5.41, 5.74) is 0.831. The molecule has 2 aliphatic heterocycles. The molecule has 0 spiro atoms. The molecule has 0 saturated carbocycles. The predicted octanol–water partition coefficient (Wildman–Crippen LogP) is 2.57. The Hall–Kier alpha value is -0.620. The van der Waals surface area contributed by atoms with E-state index in [0.717, 1.165) is 24.9 Å². The monoisotopic (exact) mass is 344 g/mol. The minimum atomic E-state index is -3.33. The van der Waals surface area contributed by atoms with Crippen LogP contribution in [0, 0.1) is 12.8 Å². The van der Waals surface area contributed by atoms with Crippen molar-refractivity contribution in [3.63, 3.8) is 0 Å². The molecule has 2 saturated heterocycles. The Morgan fingerprint density at radius 2 is 1.82 bits per heavy atom. The quantitative estimate of drug-likeness (QED) is 0.916. The molecule has 0 radical (unpaired) electrons. The molecule has 0 aromatic heterocycles. The van der Waals surface area contributed by atoms with Crippen LogP contribution in [0.3, 0.4) is 0 Å². The summed E-state index contributed by atoms with van der Waals surface area (Å²) in [5.74, 6) is 0.635. The van der Waals surface area contributed by atoms with Gasteiger partial charge in [0.25, 0.3) is 0 Å². The van der Waals surface area contributed by atoms with Gasteiger partial charge in [0.2, 0.25) is 10.0 Å². The highest BCUT2D eigenvalue weighted by Crippen LogP contribution is 2.29. The third kappa shape index (κ3) is 3.48. The van der Waals surface area contributed by atoms with E-state index in [1.807, 2.05) is 19.1 Å². The minimum absolute atomic E-state index is 0. The Kier molecular flexibility index (Phi) is 5.88. The predicted molar refractivity (Wildman–Crippen MR) is 90.9 cm³/mol. The molecule has 1 N–H and O–H groups in total. The van der Waals surface area contributed by atoms with Crippen LogP contribution in [0.2, 0.25) is 0 Å². The molecule has 22 heavy (non-hydrogen) atoms. The second-order valence-electron chi connectivity index (χ2n) is 6.21. The van der Waals surface area contributed by atoms with E-state index < -0.39 is 10.0 Å². The second-order valence-corrected chi connectivity index (χ2v) is 8.12. The van der Waals surface area contributed by atoms with Gasteiger partial charge in [0.05, 0.1) is 4.90 Å². The van der Waals surface area contributed by atoms with Crippen LogP contribution in [0.1, 0.15) is 31.2 Å². The van der Waals surface area contributed by atoms with Gasteiger partial charge in [0.15, 0.2) is 0 Å². The molecule has 1 unspecified atom stereocenters. The van der Waals surface area contributed by atoms with Gasteiger partial charge in [-0.25, -0.2) is 8.42 Å². The lowest BCUT2D eigenvalue weighted by Gasteiger charge is -2.34. The molecule has 2 heterocycles. The van der Waals surface area contributed by atoms with Gasteiger partial charge in [0.1, 0.15) is 0 Å². The molecule has 2 aliphatic rings. The number of hydrogen-bond acceptors (Lipinski definition) is 3. The smallest absolute Gasteiger partial charge is 0.243 e. The summed E-state index contributed by atoms with van der Waals surface area (Å²) in [7, 11) is -3.33. The Bertz CT molecular complexity index is 592. The lowest BCUT2D eigenvalue weighted by atomic mass is 9.89. The van der Waals surface area contributed by atoms with Crippen LogP contribution in [-0.4, -0.2) is 38.4 Å². The van der Waals surface area contributed by atoms with Crippen molar-refractivity contribution in [2.45, 2.75) is 43.5 Å². The van der Waals surface area contributed by atoms with Gasteiger partial charge in [-0.3, -0.25) is 0 Å². The lowest BCUT2D eigenvalue weighted by molar-refractivity contribution is 0.234. The van der Waals surface area contributed by atoms with Gasteiger partial charge >= 0.3 is 0 Å². The van der Waals surface area contributed by atoms with E-state index in [2.05, 4.69) is 5.32 Å². The van der Waals surface area contributed by atoms with Crippen molar-refractivity contribution < 1.29 is 8.42 Å². The van der Waals surface area contributed by atoms with E-state index in [4.69, 9.17) is 0 Å². The van der Waals surface area contributed by atoms with Crippen LogP contribution in [-0.2, 0) is 10.0 Å². The molecule has 4 nitrogen and oxygen atoms in total. The molecule has 6 heteroatoms. The van der Waals surface area contributed by atoms with Crippen molar-refractivity contribution in [2.24, 2.45) is 5.92 Å². The van der Waals surface area contributed by atoms with E-state index >= 15 is 0 Å². The number of piperidine rings is 1. The van der Waals surface area contributed by atoms with Crippen molar-refractivity contribution in [2.75, 3.05) is 19.6 Å². The molecule has 1 aromatic rings. The first-order valence-electron chi connectivity index (χ1n) is 7.88. The largest absolute Gasteiger partial charge is 0.314 e. The number of halogens is 1. The number of aryl methyl sites for hydroxylation is 1. The Morgan fingerprint density at radius 3 is 2.41 bits per heavy atom. The number of rotatable bonds is 3. The van der Waals surface area contributed by atoms with Crippen LogP contribution in [0.5, 0.6) is 0 Å². The first-order valence-corrected chi connectivity index (χ1v) is 9.32. The molecule has 1 atom stereocenters. The molecule has 124 valence electrons. The zero-order chi connectivity index (χ0) is 14.9. The SMILES string of the molecule is Cc1ccccc1S(=O)(=O)N1CCC(C2CCCN2)CC1.Cl. The van der Waals surface area contributed by atoms with Crippen LogP contribution in [0.15, 0.2) is 29.2 Å². The first kappa shape index (κ1) is 17.7. The highest BCUT2D eigenvalue weighted by molar-refractivity contribution is 7.89. The third-order valence-corrected chi connectivity index (χ3v) is 6.94. The van der Waals surface area contributed by atoms with Gasteiger partial charge in [-0.1, -0.05) is 18.2 Å². The van der Waals surface area contributed by atoms with E-state index in [1.165, 1.54) is 12.8 Å². The van der Waals surface area contributed by atoms with Crippen LogP contribution < -0.4 is 5.32 Å². The fourth-order valence-corrected chi connectivity index (χ4v) is 5.31. The average molecular weight is 345 g/mol. The van der Waals surface area contributed by atoms with Crippen molar-refractivity contribution in [1.82, 2.24) is 9.62 Å². The standard InChI is InChI=1S/C16H24N2O2S.ClH/c1-13-5-2-3-7-16(13)21(19,20)18-11-8-14(9-12-18)15-6-4-10-17-15;/h2-3,5,7,14-15,17H,4,6,8-12H2,1H3;1H. The maximum Gasteiger partial charge on any atom is 0.243 e. The van der Waals surface area contributed by atoms with Gasteiger partial charge < -0.3 is 5.32 Å². The van der Waals surface area contributed by atoms with Crippen molar-refractivity contribution in [1.29, 1.82) is 0 Å². The van der Waals surface area contributed by atoms with Crippen molar-refractivity contribution >= 4 is 22.4 Å². The number of hydrogen-bond donors (Lipinski definition) is 1. The molecule has 0 bridgehead atoms. The summed E-state index contributed by atoms with van der Waals surface area (Å²) in [6, 6.07) is 7.87. The summed E-state index contributed by atoms with van der Waals surface area (Å²) in [5, 5.41) is 3.55. The number of sulfonamides is 1. The first-order chi connectivity index (χ1) is 10.1.